The molecule has 6 nitrogen and oxygen atoms in total. The second kappa shape index (κ2) is 7.08. The lowest BCUT2D eigenvalue weighted by Gasteiger charge is -2.08. The fourth-order valence-corrected chi connectivity index (χ4v) is 2.34. The zero-order chi connectivity index (χ0) is 16.4. The van der Waals surface area contributed by atoms with Gasteiger partial charge in [-0.3, -0.25) is 0 Å². The SMILES string of the molecule is O.O=C(O)c1ccccc1-c1nnc(-c2ccc(Cl)cc2)cc1O. The van der Waals surface area contributed by atoms with Crippen LogP contribution >= 0.6 is 11.6 Å². The van der Waals surface area contributed by atoms with E-state index in [0.29, 0.717) is 16.3 Å². The summed E-state index contributed by atoms with van der Waals surface area (Å²) in [5, 5.41) is 28.1. The van der Waals surface area contributed by atoms with Gasteiger partial charge in [-0.15, -0.1) is 10.2 Å². The maximum Gasteiger partial charge on any atom is 0.336 e. The number of halogens is 1. The van der Waals surface area contributed by atoms with Gasteiger partial charge in [-0.2, -0.15) is 0 Å². The molecule has 7 heteroatoms. The number of aromatic nitrogens is 2. The number of carboxylic acid groups (broad SMARTS) is 1. The smallest absolute Gasteiger partial charge is 0.336 e. The topological polar surface area (TPSA) is 115 Å². The molecule has 3 aromatic rings. The van der Waals surface area contributed by atoms with Gasteiger partial charge < -0.3 is 15.7 Å². The van der Waals surface area contributed by atoms with E-state index in [-0.39, 0.29) is 22.5 Å². The fourth-order valence-electron chi connectivity index (χ4n) is 2.21. The molecule has 0 aliphatic carbocycles. The fraction of sp³-hybridized carbons (Fsp3) is 0. The van der Waals surface area contributed by atoms with Crippen LogP contribution in [0.5, 0.6) is 5.75 Å². The van der Waals surface area contributed by atoms with Crippen molar-refractivity contribution in [3.05, 3.63) is 65.2 Å². The van der Waals surface area contributed by atoms with Gasteiger partial charge >= 0.3 is 5.97 Å². The first-order valence-corrected chi connectivity index (χ1v) is 7.09. The summed E-state index contributed by atoms with van der Waals surface area (Å²) < 4.78 is 0. The summed E-state index contributed by atoms with van der Waals surface area (Å²) in [5.74, 6) is -1.23. The molecule has 0 aliphatic rings. The number of hydrogen-bond donors (Lipinski definition) is 2. The summed E-state index contributed by atoms with van der Waals surface area (Å²) in [5.41, 5.74) is 1.70. The number of aromatic carboxylic acids is 1. The maximum atomic E-state index is 11.3. The van der Waals surface area contributed by atoms with Crippen molar-refractivity contribution in [2.45, 2.75) is 0 Å². The Morgan fingerprint density at radius 1 is 1.00 bits per heavy atom. The monoisotopic (exact) mass is 344 g/mol. The predicted octanol–water partition coefficient (Wildman–Crippen LogP) is 3.04. The van der Waals surface area contributed by atoms with Crippen LogP contribution in [-0.2, 0) is 0 Å². The van der Waals surface area contributed by atoms with E-state index >= 15 is 0 Å². The molecule has 122 valence electrons. The zero-order valence-electron chi connectivity index (χ0n) is 12.3. The molecular formula is C17H13ClN2O4. The predicted molar refractivity (Wildman–Crippen MR) is 90.2 cm³/mol. The summed E-state index contributed by atoms with van der Waals surface area (Å²) in [7, 11) is 0. The van der Waals surface area contributed by atoms with E-state index in [9.17, 15) is 15.0 Å². The van der Waals surface area contributed by atoms with Crippen LogP contribution in [0, 0.1) is 0 Å². The Hall–Kier alpha value is -2.96. The highest BCUT2D eigenvalue weighted by atomic mass is 35.5. The van der Waals surface area contributed by atoms with Crippen molar-refractivity contribution in [2.24, 2.45) is 0 Å². The van der Waals surface area contributed by atoms with Crippen LogP contribution in [0.2, 0.25) is 5.02 Å². The van der Waals surface area contributed by atoms with E-state index in [0.717, 1.165) is 5.56 Å². The Kier molecular flexibility index (Phi) is 5.13. The molecule has 0 saturated heterocycles. The zero-order valence-corrected chi connectivity index (χ0v) is 13.0. The molecule has 0 bridgehead atoms. The van der Waals surface area contributed by atoms with Gasteiger partial charge in [-0.1, -0.05) is 41.9 Å². The van der Waals surface area contributed by atoms with Crippen molar-refractivity contribution < 1.29 is 20.5 Å². The van der Waals surface area contributed by atoms with Gasteiger partial charge in [-0.25, -0.2) is 4.79 Å². The van der Waals surface area contributed by atoms with Gasteiger partial charge in [0.05, 0.1) is 11.3 Å². The van der Waals surface area contributed by atoms with Gasteiger partial charge in [-0.05, 0) is 18.2 Å². The lowest BCUT2D eigenvalue weighted by molar-refractivity contribution is 0.0697. The molecule has 24 heavy (non-hydrogen) atoms. The van der Waals surface area contributed by atoms with E-state index in [1.807, 2.05) is 0 Å². The molecule has 1 aromatic heterocycles. The third kappa shape index (κ3) is 3.34. The lowest BCUT2D eigenvalue weighted by Crippen LogP contribution is -2.01. The van der Waals surface area contributed by atoms with E-state index in [1.54, 1.807) is 42.5 Å². The first-order valence-electron chi connectivity index (χ1n) is 6.71. The molecule has 3 rings (SSSR count). The molecule has 0 amide bonds. The van der Waals surface area contributed by atoms with E-state index in [4.69, 9.17) is 11.6 Å². The first kappa shape index (κ1) is 17.4. The summed E-state index contributed by atoms with van der Waals surface area (Å²) >= 11 is 5.84. The highest BCUT2D eigenvalue weighted by Crippen LogP contribution is 2.32. The minimum atomic E-state index is -1.09. The maximum absolute atomic E-state index is 11.3. The Morgan fingerprint density at radius 2 is 1.67 bits per heavy atom. The van der Waals surface area contributed by atoms with Crippen LogP contribution < -0.4 is 0 Å². The van der Waals surface area contributed by atoms with Gasteiger partial charge in [0, 0.05) is 22.2 Å². The van der Waals surface area contributed by atoms with Gasteiger partial charge in [0.15, 0.2) is 0 Å². The molecule has 1 heterocycles. The number of benzene rings is 2. The normalized spacial score (nSPS) is 10.0. The van der Waals surface area contributed by atoms with Crippen molar-refractivity contribution in [1.29, 1.82) is 0 Å². The minimum absolute atomic E-state index is 0. The average molecular weight is 345 g/mol. The number of nitrogens with zero attached hydrogens (tertiary/aromatic N) is 2. The van der Waals surface area contributed by atoms with Crippen LogP contribution in [0.25, 0.3) is 22.5 Å². The molecule has 0 aliphatic heterocycles. The quantitative estimate of drug-likeness (QED) is 0.757. The Morgan fingerprint density at radius 3 is 2.29 bits per heavy atom. The van der Waals surface area contributed by atoms with Crippen molar-refractivity contribution in [2.75, 3.05) is 0 Å². The molecule has 2 aromatic carbocycles. The van der Waals surface area contributed by atoms with Crippen LogP contribution in [-0.4, -0.2) is 31.9 Å². The number of rotatable bonds is 3. The Balaban J connectivity index is 0.00000208. The Labute approximate surface area is 142 Å². The number of carboxylic acids is 1. The first-order chi connectivity index (χ1) is 11.1. The van der Waals surface area contributed by atoms with Gasteiger partial charge in [0.1, 0.15) is 11.4 Å². The van der Waals surface area contributed by atoms with Crippen molar-refractivity contribution >= 4 is 17.6 Å². The standard InChI is InChI=1S/C17H11ClN2O3.H2O/c18-11-7-5-10(6-8-11)14-9-15(21)16(20-19-14)12-3-1-2-4-13(12)17(22)23;/h1-9H,(H,19,21)(H,22,23);1H2. The Bertz CT molecular complexity index is 882. The number of aromatic hydroxyl groups is 1. The largest absolute Gasteiger partial charge is 0.506 e. The number of carbonyl (C=O) groups is 1. The number of hydrogen-bond acceptors (Lipinski definition) is 4. The summed E-state index contributed by atoms with van der Waals surface area (Å²) in [6.45, 7) is 0. The second-order valence-corrected chi connectivity index (χ2v) is 5.26. The van der Waals surface area contributed by atoms with Crippen molar-refractivity contribution in [3.8, 4) is 28.3 Å². The molecule has 4 N–H and O–H groups in total. The summed E-state index contributed by atoms with van der Waals surface area (Å²) in [6, 6.07) is 14.7. The van der Waals surface area contributed by atoms with Crippen LogP contribution in [0.1, 0.15) is 10.4 Å². The van der Waals surface area contributed by atoms with Crippen molar-refractivity contribution in [1.82, 2.24) is 10.2 Å². The van der Waals surface area contributed by atoms with E-state index in [1.165, 1.54) is 12.1 Å². The van der Waals surface area contributed by atoms with Crippen LogP contribution in [0.15, 0.2) is 54.6 Å². The van der Waals surface area contributed by atoms with Gasteiger partial charge in [0.2, 0.25) is 0 Å². The minimum Gasteiger partial charge on any atom is -0.506 e. The highest BCUT2D eigenvalue weighted by molar-refractivity contribution is 6.30. The van der Waals surface area contributed by atoms with Gasteiger partial charge in [0.25, 0.3) is 0 Å². The molecule has 0 atom stereocenters. The third-order valence-electron chi connectivity index (χ3n) is 3.33. The highest BCUT2D eigenvalue weighted by Gasteiger charge is 2.16. The molecule has 0 unspecified atom stereocenters. The van der Waals surface area contributed by atoms with Crippen LogP contribution in [0.3, 0.4) is 0 Å². The summed E-state index contributed by atoms with van der Waals surface area (Å²) in [4.78, 5) is 11.3. The van der Waals surface area contributed by atoms with Crippen molar-refractivity contribution in [3.63, 3.8) is 0 Å². The molecule has 0 fully saturated rings. The van der Waals surface area contributed by atoms with Crippen LogP contribution in [0.4, 0.5) is 0 Å². The third-order valence-corrected chi connectivity index (χ3v) is 3.58. The average Bonchev–Trinajstić information content (AvgIpc) is 2.55. The molecular weight excluding hydrogens is 332 g/mol. The van der Waals surface area contributed by atoms with E-state index in [2.05, 4.69) is 10.2 Å². The molecule has 0 spiro atoms. The second-order valence-electron chi connectivity index (χ2n) is 4.82. The lowest BCUT2D eigenvalue weighted by atomic mass is 10.0. The van der Waals surface area contributed by atoms with E-state index < -0.39 is 5.97 Å². The molecule has 0 radical (unpaired) electrons. The molecule has 0 saturated carbocycles. The summed E-state index contributed by atoms with van der Waals surface area (Å²) in [6.07, 6.45) is 0.